The molecule has 4 rings (SSSR count). The highest BCUT2D eigenvalue weighted by molar-refractivity contribution is 9.10. The molecule has 0 bridgehead atoms. The Hall–Kier alpha value is -4.11. The van der Waals surface area contributed by atoms with Gasteiger partial charge < -0.3 is 15.4 Å². The minimum absolute atomic E-state index is 0.157. The Kier molecular flexibility index (Phi) is 7.40. The molecule has 0 aliphatic rings. The van der Waals surface area contributed by atoms with E-state index < -0.39 is 17.7 Å². The van der Waals surface area contributed by atoms with E-state index in [4.69, 9.17) is 4.74 Å². The zero-order valence-corrected chi connectivity index (χ0v) is 21.6. The monoisotopic (exact) mass is 548 g/mol. The molecule has 3 N–H and O–H groups in total. The fourth-order valence-corrected chi connectivity index (χ4v) is 4.05. The van der Waals surface area contributed by atoms with Crippen LogP contribution in [-0.2, 0) is 9.59 Å². The van der Waals surface area contributed by atoms with Crippen molar-refractivity contribution >= 4 is 55.9 Å². The molecule has 3 amide bonds. The van der Waals surface area contributed by atoms with E-state index in [2.05, 4.69) is 32.0 Å². The van der Waals surface area contributed by atoms with Crippen molar-refractivity contribution in [2.75, 3.05) is 22.7 Å². The van der Waals surface area contributed by atoms with Gasteiger partial charge in [0.05, 0.1) is 12.1 Å². The van der Waals surface area contributed by atoms with Crippen molar-refractivity contribution in [1.82, 2.24) is 4.68 Å². The molecule has 0 unspecified atom stereocenters. The summed E-state index contributed by atoms with van der Waals surface area (Å²) in [6.45, 7) is 6.17. The highest BCUT2D eigenvalue weighted by Gasteiger charge is 2.21. The fraction of sp³-hybridized carbons (Fsp3) is 0.148. The Morgan fingerprint density at radius 3 is 2.36 bits per heavy atom. The maximum atomic E-state index is 13.2. The molecule has 0 spiro atoms. The molecule has 0 aliphatic heterocycles. The van der Waals surface area contributed by atoms with Gasteiger partial charge in [-0.2, -0.15) is 0 Å². The molecule has 0 saturated heterocycles. The molecular formula is C27H25BrN4O4. The van der Waals surface area contributed by atoms with Gasteiger partial charge in [-0.15, -0.1) is 0 Å². The second kappa shape index (κ2) is 10.7. The number of ether oxygens (including phenoxy) is 1. The van der Waals surface area contributed by atoms with Gasteiger partial charge in [-0.05, 0) is 86.5 Å². The Morgan fingerprint density at radius 2 is 1.64 bits per heavy atom. The smallest absolute Gasteiger partial charge is 0.328 e. The zero-order chi connectivity index (χ0) is 25.8. The van der Waals surface area contributed by atoms with Gasteiger partial charge in [0, 0.05) is 21.2 Å². The summed E-state index contributed by atoms with van der Waals surface area (Å²) < 4.78 is 7.56. The van der Waals surface area contributed by atoms with Crippen molar-refractivity contribution in [1.29, 1.82) is 0 Å². The molecule has 8 nitrogen and oxygen atoms in total. The molecule has 36 heavy (non-hydrogen) atoms. The van der Waals surface area contributed by atoms with Crippen LogP contribution in [0, 0.1) is 13.8 Å². The summed E-state index contributed by atoms with van der Waals surface area (Å²) in [5.74, 6) is -1.52. The second-order valence-corrected chi connectivity index (χ2v) is 9.11. The van der Waals surface area contributed by atoms with Crippen LogP contribution in [0.15, 0.2) is 71.2 Å². The third-order valence-corrected chi connectivity index (χ3v) is 5.97. The number of fused-ring (bicyclic) bond motifs is 1. The largest absolute Gasteiger partial charge is 0.494 e. The zero-order valence-electron chi connectivity index (χ0n) is 20.0. The molecule has 0 atom stereocenters. The number of amides is 3. The number of carbonyl (C=O) groups is 3. The maximum absolute atomic E-state index is 13.2. The number of aryl methyl sites for hydroxylation is 2. The van der Waals surface area contributed by atoms with E-state index in [1.807, 2.05) is 39.0 Å². The van der Waals surface area contributed by atoms with E-state index in [9.17, 15) is 14.4 Å². The lowest BCUT2D eigenvalue weighted by Gasteiger charge is -2.14. The van der Waals surface area contributed by atoms with E-state index in [1.165, 1.54) is 4.68 Å². The average molecular weight is 549 g/mol. The molecule has 0 radical (unpaired) electrons. The second-order valence-electron chi connectivity index (χ2n) is 8.19. The molecule has 4 aromatic rings. The average Bonchev–Trinajstić information content (AvgIpc) is 3.20. The summed E-state index contributed by atoms with van der Waals surface area (Å²) in [5, 5.41) is 6.17. The summed E-state index contributed by atoms with van der Waals surface area (Å²) in [6, 6.07) is 19.5. The Balaban J connectivity index is 1.60. The first kappa shape index (κ1) is 25.0. The number of hydrogen-bond donors (Lipinski definition) is 3. The summed E-state index contributed by atoms with van der Waals surface area (Å²) >= 11 is 3.43. The highest BCUT2D eigenvalue weighted by Crippen LogP contribution is 2.24. The van der Waals surface area contributed by atoms with E-state index in [0.29, 0.717) is 34.6 Å². The summed E-state index contributed by atoms with van der Waals surface area (Å²) in [5.41, 5.74) is 6.16. The van der Waals surface area contributed by atoms with Crippen molar-refractivity contribution in [2.45, 2.75) is 20.8 Å². The van der Waals surface area contributed by atoms with Gasteiger partial charge in [0.2, 0.25) is 0 Å². The number of hydrogen-bond acceptors (Lipinski definition) is 4. The van der Waals surface area contributed by atoms with Gasteiger partial charge in [0.1, 0.15) is 11.4 Å². The standard InChI is InChI=1S/C27H25BrN4O4/c1-4-36-21-10-8-20(9-11-21)29-25(33)24-15-18-14-19(28)7-12-23(18)32(24)31-27(35)26(34)30-22-13-16(2)5-6-17(22)3/h5-15H,4H2,1-3H3,(H,29,33)(H,30,34)(H,31,35). The molecule has 1 aromatic heterocycles. The van der Waals surface area contributed by atoms with Crippen LogP contribution in [0.4, 0.5) is 11.4 Å². The highest BCUT2D eigenvalue weighted by atomic mass is 79.9. The predicted octanol–water partition coefficient (Wildman–Crippen LogP) is 5.38. The number of benzene rings is 3. The van der Waals surface area contributed by atoms with Crippen LogP contribution in [0.1, 0.15) is 28.5 Å². The molecule has 9 heteroatoms. The van der Waals surface area contributed by atoms with Crippen molar-refractivity contribution < 1.29 is 19.1 Å². The number of rotatable bonds is 6. The number of aromatic nitrogens is 1. The molecule has 184 valence electrons. The van der Waals surface area contributed by atoms with Gasteiger partial charge in [-0.25, -0.2) is 4.68 Å². The first-order chi connectivity index (χ1) is 17.2. The van der Waals surface area contributed by atoms with Crippen LogP contribution < -0.4 is 20.8 Å². The molecule has 0 aliphatic carbocycles. The van der Waals surface area contributed by atoms with E-state index >= 15 is 0 Å². The van der Waals surface area contributed by atoms with Gasteiger partial charge in [0.25, 0.3) is 5.91 Å². The predicted molar refractivity (Wildman–Crippen MR) is 144 cm³/mol. The van der Waals surface area contributed by atoms with Crippen LogP contribution in [0.2, 0.25) is 0 Å². The topological polar surface area (TPSA) is 101 Å². The van der Waals surface area contributed by atoms with Crippen molar-refractivity contribution in [3.8, 4) is 5.75 Å². The molecule has 1 heterocycles. The molecule has 0 saturated carbocycles. The number of anilines is 2. The quantitative estimate of drug-likeness (QED) is 0.281. The summed E-state index contributed by atoms with van der Waals surface area (Å²) in [6.07, 6.45) is 0. The lowest BCUT2D eigenvalue weighted by molar-refractivity contribution is -0.133. The number of nitrogens with zero attached hydrogens (tertiary/aromatic N) is 1. The molecule has 0 fully saturated rings. The van der Waals surface area contributed by atoms with E-state index in [1.54, 1.807) is 48.5 Å². The van der Waals surface area contributed by atoms with Gasteiger partial charge >= 0.3 is 11.8 Å². The summed E-state index contributed by atoms with van der Waals surface area (Å²) in [7, 11) is 0. The van der Waals surface area contributed by atoms with E-state index in [0.717, 1.165) is 15.6 Å². The maximum Gasteiger partial charge on any atom is 0.328 e. The third kappa shape index (κ3) is 5.58. The number of nitrogens with one attached hydrogen (secondary N) is 3. The Morgan fingerprint density at radius 1 is 0.889 bits per heavy atom. The SMILES string of the molecule is CCOc1ccc(NC(=O)c2cc3cc(Br)ccc3n2NC(=O)C(=O)Nc2cc(C)ccc2C)cc1. The first-order valence-corrected chi connectivity index (χ1v) is 12.1. The fourth-order valence-electron chi connectivity index (χ4n) is 3.67. The van der Waals surface area contributed by atoms with Crippen LogP contribution in [0.25, 0.3) is 10.9 Å². The molecular weight excluding hydrogens is 524 g/mol. The minimum atomic E-state index is -0.911. The Bertz CT molecular complexity index is 1460. The van der Waals surface area contributed by atoms with Crippen molar-refractivity contribution in [3.63, 3.8) is 0 Å². The Labute approximate surface area is 216 Å². The lowest BCUT2D eigenvalue weighted by Crippen LogP contribution is -2.36. The number of halogens is 1. The lowest BCUT2D eigenvalue weighted by atomic mass is 10.1. The van der Waals surface area contributed by atoms with Crippen LogP contribution in [-0.4, -0.2) is 29.0 Å². The van der Waals surface area contributed by atoms with Crippen LogP contribution in [0.5, 0.6) is 5.75 Å². The normalized spacial score (nSPS) is 10.7. The van der Waals surface area contributed by atoms with Gasteiger partial charge in [-0.1, -0.05) is 28.1 Å². The first-order valence-electron chi connectivity index (χ1n) is 11.3. The molecule has 3 aromatic carbocycles. The number of carbonyl (C=O) groups excluding carboxylic acids is 3. The van der Waals surface area contributed by atoms with E-state index in [-0.39, 0.29) is 5.69 Å². The van der Waals surface area contributed by atoms with Gasteiger partial charge in [0.15, 0.2) is 0 Å². The third-order valence-electron chi connectivity index (χ3n) is 5.48. The van der Waals surface area contributed by atoms with Crippen LogP contribution >= 0.6 is 15.9 Å². The van der Waals surface area contributed by atoms with Crippen LogP contribution in [0.3, 0.4) is 0 Å². The van der Waals surface area contributed by atoms with Gasteiger partial charge in [-0.3, -0.25) is 19.8 Å². The minimum Gasteiger partial charge on any atom is -0.494 e. The van der Waals surface area contributed by atoms with Crippen molar-refractivity contribution in [3.05, 3.63) is 88.0 Å². The van der Waals surface area contributed by atoms with Crippen molar-refractivity contribution in [2.24, 2.45) is 0 Å². The summed E-state index contributed by atoms with van der Waals surface area (Å²) in [4.78, 5) is 38.7.